The summed E-state index contributed by atoms with van der Waals surface area (Å²) in [7, 11) is 0. The van der Waals surface area contributed by atoms with Crippen molar-refractivity contribution >= 4 is 5.82 Å². The molecule has 0 unspecified atom stereocenters. The number of nitrogens with two attached hydrogens (primary N) is 1. The van der Waals surface area contributed by atoms with Crippen LogP contribution >= 0.6 is 0 Å². The Morgan fingerprint density at radius 2 is 2.00 bits per heavy atom. The summed E-state index contributed by atoms with van der Waals surface area (Å²) in [5, 5.41) is 0. The van der Waals surface area contributed by atoms with Crippen molar-refractivity contribution in [2.75, 3.05) is 5.73 Å². The summed E-state index contributed by atoms with van der Waals surface area (Å²) >= 11 is 0. The maximum atomic E-state index is 11.7. The van der Waals surface area contributed by atoms with Gasteiger partial charge in [-0.3, -0.25) is 14.3 Å². The van der Waals surface area contributed by atoms with Crippen molar-refractivity contribution in [1.29, 1.82) is 0 Å². The van der Waals surface area contributed by atoms with E-state index in [1.165, 1.54) is 4.57 Å². The molecule has 3 N–H and O–H groups in total. The van der Waals surface area contributed by atoms with Crippen LogP contribution in [0.2, 0.25) is 0 Å². The summed E-state index contributed by atoms with van der Waals surface area (Å²) in [4.78, 5) is 25.5. The molecule has 1 heterocycles. The molecule has 0 atom stereocenters. The molecule has 5 nitrogen and oxygen atoms in total. The molecule has 1 aromatic heterocycles. The van der Waals surface area contributed by atoms with E-state index in [0.29, 0.717) is 18.5 Å². The first kappa shape index (κ1) is 10.6. The maximum absolute atomic E-state index is 11.7. The molecule has 0 saturated heterocycles. The van der Waals surface area contributed by atoms with Crippen LogP contribution < -0.4 is 17.0 Å². The zero-order valence-electron chi connectivity index (χ0n) is 8.46. The van der Waals surface area contributed by atoms with Crippen molar-refractivity contribution in [3.8, 4) is 0 Å². The second-order valence-electron chi connectivity index (χ2n) is 3.13. The van der Waals surface area contributed by atoms with E-state index in [9.17, 15) is 9.59 Å². The van der Waals surface area contributed by atoms with E-state index < -0.39 is 5.69 Å². The van der Waals surface area contributed by atoms with Gasteiger partial charge in [0.2, 0.25) is 0 Å². The molecule has 1 aromatic rings. The molecule has 0 radical (unpaired) electrons. The number of hydrogen-bond donors (Lipinski definition) is 2. The third kappa shape index (κ3) is 1.71. The highest BCUT2D eigenvalue weighted by atomic mass is 16.2. The average Bonchev–Trinajstić information content (AvgIpc) is 2.12. The molecule has 0 spiro atoms. The van der Waals surface area contributed by atoms with Gasteiger partial charge in [0.15, 0.2) is 0 Å². The number of rotatable bonds is 3. The molecule has 0 aliphatic rings. The van der Waals surface area contributed by atoms with E-state index >= 15 is 0 Å². The Hall–Kier alpha value is -1.52. The fourth-order valence-corrected chi connectivity index (χ4v) is 1.40. The number of aromatic amines is 1. The van der Waals surface area contributed by atoms with Crippen LogP contribution in [0.4, 0.5) is 5.82 Å². The minimum atomic E-state index is -0.424. The molecule has 0 fully saturated rings. The van der Waals surface area contributed by atoms with E-state index in [2.05, 4.69) is 4.98 Å². The molecule has 0 aliphatic heterocycles. The number of hydrogen-bond acceptors (Lipinski definition) is 3. The van der Waals surface area contributed by atoms with E-state index in [4.69, 9.17) is 5.73 Å². The van der Waals surface area contributed by atoms with Crippen molar-refractivity contribution in [3.63, 3.8) is 0 Å². The van der Waals surface area contributed by atoms with Gasteiger partial charge in [-0.1, -0.05) is 13.8 Å². The van der Waals surface area contributed by atoms with Crippen LogP contribution in [0.15, 0.2) is 9.59 Å². The summed E-state index contributed by atoms with van der Waals surface area (Å²) in [5.41, 5.74) is 5.32. The normalized spacial score (nSPS) is 10.4. The molecule has 1 rings (SSSR count). The number of nitrogen functional groups attached to an aromatic ring is 1. The monoisotopic (exact) mass is 197 g/mol. The average molecular weight is 197 g/mol. The molecule has 0 amide bonds. The first-order chi connectivity index (χ1) is 6.61. The molecule has 0 saturated carbocycles. The van der Waals surface area contributed by atoms with Crippen LogP contribution in [0, 0.1) is 0 Å². The maximum Gasteiger partial charge on any atom is 0.329 e. The molecule has 0 bridgehead atoms. The lowest BCUT2D eigenvalue weighted by molar-refractivity contribution is 0.610. The highest BCUT2D eigenvalue weighted by Crippen LogP contribution is 1.99. The largest absolute Gasteiger partial charge is 0.385 e. The smallest absolute Gasteiger partial charge is 0.329 e. The van der Waals surface area contributed by atoms with E-state index in [0.717, 1.165) is 6.42 Å². The lowest BCUT2D eigenvalue weighted by Gasteiger charge is -2.06. The second-order valence-corrected chi connectivity index (χ2v) is 3.13. The fraction of sp³-hybridized carbons (Fsp3) is 0.556. The van der Waals surface area contributed by atoms with Crippen LogP contribution in [0.3, 0.4) is 0 Å². The molecule has 5 heteroatoms. The molecular weight excluding hydrogens is 182 g/mol. The van der Waals surface area contributed by atoms with Crippen molar-refractivity contribution in [2.45, 2.75) is 33.2 Å². The van der Waals surface area contributed by atoms with Gasteiger partial charge in [0, 0.05) is 6.54 Å². The van der Waals surface area contributed by atoms with Gasteiger partial charge in [0.25, 0.3) is 5.56 Å². The van der Waals surface area contributed by atoms with Gasteiger partial charge >= 0.3 is 5.69 Å². The van der Waals surface area contributed by atoms with Crippen LogP contribution in [0.25, 0.3) is 0 Å². The Bertz CT molecular complexity index is 431. The van der Waals surface area contributed by atoms with Gasteiger partial charge in [0.1, 0.15) is 5.82 Å². The standard InChI is InChI=1S/C9H15N3O2/c1-3-5-12-8(13)6(4-2)7(10)11-9(12)14/h3-5,10H2,1-2H3,(H,11,14). The first-order valence-electron chi connectivity index (χ1n) is 4.73. The number of nitrogens with one attached hydrogen (secondary N) is 1. The van der Waals surface area contributed by atoms with Crippen LogP contribution in [0.1, 0.15) is 25.8 Å². The van der Waals surface area contributed by atoms with Crippen LogP contribution in [-0.2, 0) is 13.0 Å². The lowest BCUT2D eigenvalue weighted by atomic mass is 10.2. The Balaban J connectivity index is 3.45. The summed E-state index contributed by atoms with van der Waals surface area (Å²) in [6.07, 6.45) is 1.28. The number of anilines is 1. The minimum Gasteiger partial charge on any atom is -0.385 e. The predicted molar refractivity (Wildman–Crippen MR) is 55.4 cm³/mol. The highest BCUT2D eigenvalue weighted by molar-refractivity contribution is 5.36. The molecule has 0 aromatic carbocycles. The Kier molecular flexibility index (Phi) is 3.11. The zero-order valence-corrected chi connectivity index (χ0v) is 8.46. The second kappa shape index (κ2) is 4.13. The molecule has 78 valence electrons. The number of nitrogens with zero attached hydrogens (tertiary/aromatic N) is 1. The molecular formula is C9H15N3O2. The van der Waals surface area contributed by atoms with Gasteiger partial charge in [0.05, 0.1) is 5.56 Å². The SMILES string of the molecule is CCCn1c(=O)[nH]c(N)c(CC)c1=O. The van der Waals surface area contributed by atoms with Gasteiger partial charge in [-0.05, 0) is 12.8 Å². The Morgan fingerprint density at radius 1 is 1.36 bits per heavy atom. The summed E-state index contributed by atoms with van der Waals surface area (Å²) < 4.78 is 1.19. The van der Waals surface area contributed by atoms with Crippen molar-refractivity contribution < 1.29 is 0 Å². The van der Waals surface area contributed by atoms with Gasteiger partial charge in [-0.2, -0.15) is 0 Å². The molecule has 14 heavy (non-hydrogen) atoms. The number of aromatic nitrogens is 2. The van der Waals surface area contributed by atoms with Crippen LogP contribution in [-0.4, -0.2) is 9.55 Å². The summed E-state index contributed by atoms with van der Waals surface area (Å²) in [5.74, 6) is 0.190. The fourth-order valence-electron chi connectivity index (χ4n) is 1.40. The Labute approximate surface area is 81.6 Å². The topological polar surface area (TPSA) is 80.9 Å². The highest BCUT2D eigenvalue weighted by Gasteiger charge is 2.08. The van der Waals surface area contributed by atoms with Gasteiger partial charge in [-0.15, -0.1) is 0 Å². The van der Waals surface area contributed by atoms with E-state index in [1.807, 2.05) is 13.8 Å². The van der Waals surface area contributed by atoms with E-state index in [-0.39, 0.29) is 11.4 Å². The number of H-pyrrole nitrogens is 1. The Morgan fingerprint density at radius 3 is 2.50 bits per heavy atom. The lowest BCUT2D eigenvalue weighted by Crippen LogP contribution is -2.38. The van der Waals surface area contributed by atoms with Crippen molar-refractivity contribution in [3.05, 3.63) is 26.4 Å². The zero-order chi connectivity index (χ0) is 10.7. The minimum absolute atomic E-state index is 0.190. The predicted octanol–water partition coefficient (Wildman–Crippen LogP) is 0.0912. The van der Waals surface area contributed by atoms with Crippen molar-refractivity contribution in [1.82, 2.24) is 9.55 Å². The van der Waals surface area contributed by atoms with Gasteiger partial charge < -0.3 is 5.73 Å². The summed E-state index contributed by atoms with van der Waals surface area (Å²) in [6, 6.07) is 0. The first-order valence-corrected chi connectivity index (χ1v) is 4.73. The van der Waals surface area contributed by atoms with Crippen LogP contribution in [0.5, 0.6) is 0 Å². The van der Waals surface area contributed by atoms with Gasteiger partial charge in [-0.25, -0.2) is 4.79 Å². The van der Waals surface area contributed by atoms with E-state index in [1.54, 1.807) is 0 Å². The third-order valence-corrected chi connectivity index (χ3v) is 2.12. The summed E-state index contributed by atoms with van der Waals surface area (Å²) in [6.45, 7) is 4.18. The molecule has 0 aliphatic carbocycles. The quantitative estimate of drug-likeness (QED) is 0.720. The van der Waals surface area contributed by atoms with Crippen molar-refractivity contribution in [2.24, 2.45) is 0 Å². The third-order valence-electron chi connectivity index (χ3n) is 2.12.